The molecule has 3 aromatic carbocycles. The molecule has 0 aliphatic heterocycles. The number of nitrogens with zero attached hydrogens (tertiary/aromatic N) is 1. The van der Waals surface area contributed by atoms with Crippen LogP contribution in [-0.4, -0.2) is 36.9 Å². The van der Waals surface area contributed by atoms with E-state index in [0.717, 1.165) is 12.1 Å². The Kier molecular flexibility index (Phi) is 10.2. The van der Waals surface area contributed by atoms with Crippen molar-refractivity contribution in [3.05, 3.63) is 87.4 Å². The van der Waals surface area contributed by atoms with Crippen molar-refractivity contribution in [3.8, 4) is 11.5 Å². The molecule has 0 saturated carbocycles. The van der Waals surface area contributed by atoms with Crippen LogP contribution in [0.3, 0.4) is 0 Å². The molecular formula is C25H25ClN4O8S. The van der Waals surface area contributed by atoms with Crippen molar-refractivity contribution in [2.45, 2.75) is 30.6 Å². The summed E-state index contributed by atoms with van der Waals surface area (Å²) in [6.45, 7) is 0.328. The van der Waals surface area contributed by atoms with E-state index in [1.807, 2.05) is 4.72 Å². The fourth-order valence-corrected chi connectivity index (χ4v) is 4.57. The normalized spacial score (nSPS) is 10.9. The number of hydroxylamine groups is 1. The van der Waals surface area contributed by atoms with E-state index in [-0.39, 0.29) is 23.4 Å². The summed E-state index contributed by atoms with van der Waals surface area (Å²) in [5, 5.41) is 23.5. The van der Waals surface area contributed by atoms with Gasteiger partial charge in [-0.25, -0.2) is 18.6 Å². The minimum Gasteiger partial charge on any atom is -0.457 e. The topological polar surface area (TPSA) is 177 Å². The van der Waals surface area contributed by atoms with Crippen molar-refractivity contribution in [2.75, 3.05) is 11.9 Å². The lowest BCUT2D eigenvalue weighted by atomic mass is 10.2. The first-order valence-corrected chi connectivity index (χ1v) is 13.5. The van der Waals surface area contributed by atoms with Crippen molar-refractivity contribution < 1.29 is 32.9 Å². The third-order valence-corrected chi connectivity index (χ3v) is 6.98. The van der Waals surface area contributed by atoms with Crippen molar-refractivity contribution in [2.24, 2.45) is 0 Å². The van der Waals surface area contributed by atoms with E-state index in [9.17, 15) is 28.1 Å². The predicted octanol–water partition coefficient (Wildman–Crippen LogP) is 4.64. The summed E-state index contributed by atoms with van der Waals surface area (Å²) < 4.78 is 33.5. The second-order valence-electron chi connectivity index (χ2n) is 8.20. The molecule has 0 heterocycles. The molecule has 0 bridgehead atoms. The lowest BCUT2D eigenvalue weighted by Gasteiger charge is -2.13. The Morgan fingerprint density at radius 1 is 1.00 bits per heavy atom. The van der Waals surface area contributed by atoms with Gasteiger partial charge in [0.15, 0.2) is 0 Å². The summed E-state index contributed by atoms with van der Waals surface area (Å²) in [5.74, 6) is -1.02. The number of carbonyl (C=O) groups is 2. The highest BCUT2D eigenvalue weighted by Gasteiger charge is 2.25. The van der Waals surface area contributed by atoms with Gasteiger partial charge in [0.25, 0.3) is 21.6 Å². The largest absolute Gasteiger partial charge is 0.457 e. The Morgan fingerprint density at radius 3 is 2.41 bits per heavy atom. The summed E-state index contributed by atoms with van der Waals surface area (Å²) in [4.78, 5) is 34.3. The molecule has 12 nitrogen and oxygen atoms in total. The highest BCUT2D eigenvalue weighted by atomic mass is 35.5. The number of carbonyl (C=O) groups excluding carboxylic acids is 2. The Hall–Kier alpha value is -4.20. The van der Waals surface area contributed by atoms with Gasteiger partial charge in [0.1, 0.15) is 17.2 Å². The molecule has 39 heavy (non-hydrogen) atoms. The highest BCUT2D eigenvalue weighted by molar-refractivity contribution is 7.90. The van der Waals surface area contributed by atoms with E-state index in [4.69, 9.17) is 21.5 Å². The van der Waals surface area contributed by atoms with Crippen LogP contribution in [0.5, 0.6) is 11.5 Å². The Morgan fingerprint density at radius 2 is 1.72 bits per heavy atom. The highest BCUT2D eigenvalue weighted by Crippen LogP contribution is 2.29. The second-order valence-corrected chi connectivity index (χ2v) is 10.3. The number of hydrogen-bond acceptors (Lipinski definition) is 9. The van der Waals surface area contributed by atoms with E-state index in [0.29, 0.717) is 36.6 Å². The van der Waals surface area contributed by atoms with Gasteiger partial charge in [-0.1, -0.05) is 30.2 Å². The fourth-order valence-electron chi connectivity index (χ4n) is 3.45. The van der Waals surface area contributed by atoms with Gasteiger partial charge in [0.2, 0.25) is 5.91 Å². The van der Waals surface area contributed by atoms with Gasteiger partial charge in [-0.3, -0.25) is 24.9 Å². The number of nitro groups is 1. The number of anilines is 1. The smallest absolute Gasteiger partial charge is 0.293 e. The molecule has 0 spiro atoms. The van der Waals surface area contributed by atoms with Crippen LogP contribution in [-0.2, 0) is 14.8 Å². The summed E-state index contributed by atoms with van der Waals surface area (Å²) >= 11 is 5.87. The molecule has 0 aliphatic carbocycles. The van der Waals surface area contributed by atoms with Gasteiger partial charge < -0.3 is 10.1 Å². The number of nitro benzene ring substituents is 1. The molecular weight excluding hydrogens is 552 g/mol. The lowest BCUT2D eigenvalue weighted by Crippen LogP contribution is -2.30. The van der Waals surface area contributed by atoms with Crippen LogP contribution in [0.4, 0.5) is 11.4 Å². The molecule has 0 aromatic heterocycles. The van der Waals surface area contributed by atoms with Crippen molar-refractivity contribution in [3.63, 3.8) is 0 Å². The average molecular weight is 577 g/mol. The van der Waals surface area contributed by atoms with Gasteiger partial charge in [0.05, 0.1) is 15.4 Å². The Bertz CT molecular complexity index is 1450. The first-order chi connectivity index (χ1) is 18.6. The Balaban J connectivity index is 1.70. The van der Waals surface area contributed by atoms with Gasteiger partial charge in [-0.15, -0.1) is 0 Å². The zero-order valence-electron chi connectivity index (χ0n) is 20.4. The average Bonchev–Trinajstić information content (AvgIpc) is 2.91. The lowest BCUT2D eigenvalue weighted by molar-refractivity contribution is -0.384. The van der Waals surface area contributed by atoms with E-state index < -0.39 is 37.3 Å². The van der Waals surface area contributed by atoms with Crippen LogP contribution in [0.25, 0.3) is 0 Å². The summed E-state index contributed by atoms with van der Waals surface area (Å²) in [7, 11) is -4.48. The number of para-hydroxylation sites is 1. The third-order valence-electron chi connectivity index (χ3n) is 5.40. The molecule has 0 atom stereocenters. The number of hydrogen-bond donors (Lipinski definition) is 4. The zero-order valence-corrected chi connectivity index (χ0v) is 22.0. The molecule has 2 amide bonds. The predicted molar refractivity (Wildman–Crippen MR) is 143 cm³/mol. The first-order valence-electron chi connectivity index (χ1n) is 11.7. The molecule has 14 heteroatoms. The fraction of sp³-hybridized carbons (Fsp3) is 0.200. The van der Waals surface area contributed by atoms with Crippen LogP contribution in [0.1, 0.15) is 36.0 Å². The van der Waals surface area contributed by atoms with Gasteiger partial charge in [0, 0.05) is 24.1 Å². The first kappa shape index (κ1) is 29.4. The van der Waals surface area contributed by atoms with Crippen LogP contribution in [0.15, 0.2) is 71.6 Å². The van der Waals surface area contributed by atoms with Gasteiger partial charge in [-0.05, 0) is 61.4 Å². The summed E-state index contributed by atoms with van der Waals surface area (Å²) in [5.41, 5.74) is 1.08. The number of benzene rings is 3. The van der Waals surface area contributed by atoms with Crippen LogP contribution >= 0.6 is 11.6 Å². The zero-order chi connectivity index (χ0) is 28.4. The van der Waals surface area contributed by atoms with E-state index >= 15 is 0 Å². The quantitative estimate of drug-likeness (QED) is 0.0976. The van der Waals surface area contributed by atoms with E-state index in [1.165, 1.54) is 29.7 Å². The maximum absolute atomic E-state index is 12.9. The van der Waals surface area contributed by atoms with Crippen LogP contribution < -0.4 is 20.3 Å². The SMILES string of the molecule is O=C(CCCCCNc1ccc(S(=O)(=O)NC(=O)c2ccccc2Oc2ccc(Cl)cc2)cc1[N+](=O)[O-])NO. The second kappa shape index (κ2) is 13.6. The van der Waals surface area contributed by atoms with Crippen molar-refractivity contribution >= 4 is 44.8 Å². The number of amides is 2. The summed E-state index contributed by atoms with van der Waals surface area (Å²) in [6, 6.07) is 15.6. The third kappa shape index (κ3) is 8.40. The standard InChI is InChI=1S/C25H25ClN4O8S/c26-17-9-11-18(12-10-17)38-23-7-4-3-6-20(23)25(32)29-39(36,37)19-13-14-21(22(16-19)30(34)35)27-15-5-1-2-8-24(31)28-33/h3-4,6-7,9-14,16,27,33H,1-2,5,8,15H2,(H,28,31)(H,29,32). The van der Waals surface area contributed by atoms with Crippen LogP contribution in [0.2, 0.25) is 5.02 Å². The number of unbranched alkanes of at least 4 members (excludes halogenated alkanes) is 2. The number of ether oxygens (including phenoxy) is 1. The molecule has 0 fully saturated rings. The number of rotatable bonds is 13. The molecule has 206 valence electrons. The monoisotopic (exact) mass is 576 g/mol. The maximum atomic E-state index is 12.9. The Labute approximate surface area is 229 Å². The maximum Gasteiger partial charge on any atom is 0.293 e. The van der Waals surface area contributed by atoms with Crippen LogP contribution in [0, 0.1) is 10.1 Å². The summed E-state index contributed by atoms with van der Waals surface area (Å²) in [6.07, 6.45) is 1.85. The number of nitrogens with one attached hydrogen (secondary N) is 3. The number of sulfonamides is 1. The molecule has 0 unspecified atom stereocenters. The molecule has 3 rings (SSSR count). The molecule has 3 aromatic rings. The molecule has 4 N–H and O–H groups in total. The van der Waals surface area contributed by atoms with Gasteiger partial charge >= 0.3 is 0 Å². The minimum absolute atomic E-state index is 0.0692. The van der Waals surface area contributed by atoms with E-state index in [1.54, 1.807) is 30.3 Å². The molecule has 0 aliphatic rings. The van der Waals surface area contributed by atoms with Crippen molar-refractivity contribution in [1.29, 1.82) is 0 Å². The minimum atomic E-state index is -4.48. The van der Waals surface area contributed by atoms with Gasteiger partial charge in [-0.2, -0.15) is 0 Å². The number of halogens is 1. The molecule has 0 saturated heterocycles. The van der Waals surface area contributed by atoms with E-state index in [2.05, 4.69) is 5.32 Å². The van der Waals surface area contributed by atoms with Crippen molar-refractivity contribution in [1.82, 2.24) is 10.2 Å². The molecule has 0 radical (unpaired) electrons.